The molecule has 0 aliphatic carbocycles. The van der Waals surface area contributed by atoms with Gasteiger partial charge in [-0.3, -0.25) is 4.79 Å². The van der Waals surface area contributed by atoms with Crippen LogP contribution in [-0.2, 0) is 11.3 Å². The lowest BCUT2D eigenvalue weighted by molar-refractivity contribution is -0.133. The molecule has 0 heterocycles. The quantitative estimate of drug-likeness (QED) is 0.838. The number of hydrogen-bond acceptors (Lipinski definition) is 3. The van der Waals surface area contributed by atoms with Gasteiger partial charge in [0.1, 0.15) is 5.82 Å². The van der Waals surface area contributed by atoms with E-state index in [2.05, 4.69) is 0 Å². The summed E-state index contributed by atoms with van der Waals surface area (Å²) < 4.78 is 12.9. The van der Waals surface area contributed by atoms with Gasteiger partial charge < -0.3 is 15.5 Å². The highest BCUT2D eigenvalue weighted by Crippen LogP contribution is 2.08. The molecule has 0 saturated heterocycles. The van der Waals surface area contributed by atoms with Gasteiger partial charge in [0.15, 0.2) is 0 Å². The Balaban J connectivity index is 2.72. The van der Waals surface area contributed by atoms with Crippen molar-refractivity contribution in [2.24, 2.45) is 5.73 Å². The predicted octanol–water partition coefficient (Wildman–Crippen LogP) is 1.06. The Kier molecular flexibility index (Phi) is 5.92. The predicted molar refractivity (Wildman–Crippen MR) is 74.0 cm³/mol. The van der Waals surface area contributed by atoms with E-state index in [9.17, 15) is 9.18 Å². The highest BCUT2D eigenvalue weighted by Gasteiger charge is 2.17. The number of hydrogen-bond donors (Lipinski definition) is 1. The number of carbonyl (C=O) groups is 1. The summed E-state index contributed by atoms with van der Waals surface area (Å²) in [5.74, 6) is -0.367. The molecule has 1 amide bonds. The fourth-order valence-corrected chi connectivity index (χ4v) is 1.69. The standard InChI is InChI=1S/C14H22FN3O/c1-11(16)14(19)18(9-8-17(2)3)10-12-4-6-13(15)7-5-12/h4-7,11H,8-10,16H2,1-3H3/t11-/m1/s1. The van der Waals surface area contributed by atoms with E-state index < -0.39 is 6.04 Å². The molecule has 1 atom stereocenters. The number of amides is 1. The van der Waals surface area contributed by atoms with E-state index >= 15 is 0 Å². The summed E-state index contributed by atoms with van der Waals surface area (Å²) in [6, 6.07) is 5.65. The van der Waals surface area contributed by atoms with Crippen molar-refractivity contribution in [2.75, 3.05) is 27.2 Å². The summed E-state index contributed by atoms with van der Waals surface area (Å²) in [6.07, 6.45) is 0. The fraction of sp³-hybridized carbons (Fsp3) is 0.500. The highest BCUT2D eigenvalue weighted by molar-refractivity contribution is 5.81. The van der Waals surface area contributed by atoms with Gasteiger partial charge in [-0.25, -0.2) is 4.39 Å². The van der Waals surface area contributed by atoms with Crippen LogP contribution in [0.25, 0.3) is 0 Å². The van der Waals surface area contributed by atoms with Crippen LogP contribution in [0.2, 0.25) is 0 Å². The van der Waals surface area contributed by atoms with Gasteiger partial charge in [0.25, 0.3) is 0 Å². The average molecular weight is 267 g/mol. The highest BCUT2D eigenvalue weighted by atomic mass is 19.1. The number of carbonyl (C=O) groups excluding carboxylic acids is 1. The molecule has 0 radical (unpaired) electrons. The van der Waals surface area contributed by atoms with Gasteiger partial charge in [0.05, 0.1) is 6.04 Å². The van der Waals surface area contributed by atoms with Crippen LogP contribution in [0, 0.1) is 5.82 Å². The Labute approximate surface area is 114 Å². The molecule has 0 aliphatic heterocycles. The summed E-state index contributed by atoms with van der Waals surface area (Å²) in [5.41, 5.74) is 6.55. The monoisotopic (exact) mass is 267 g/mol. The number of halogens is 1. The van der Waals surface area contributed by atoms with E-state index in [0.717, 1.165) is 12.1 Å². The van der Waals surface area contributed by atoms with Gasteiger partial charge in [-0.1, -0.05) is 12.1 Å². The van der Waals surface area contributed by atoms with Gasteiger partial charge in [0.2, 0.25) is 5.91 Å². The van der Waals surface area contributed by atoms with E-state index in [4.69, 9.17) is 5.73 Å². The van der Waals surface area contributed by atoms with E-state index in [0.29, 0.717) is 13.1 Å². The third-order valence-corrected chi connectivity index (χ3v) is 2.81. The molecular formula is C14H22FN3O. The van der Waals surface area contributed by atoms with Crippen molar-refractivity contribution in [1.82, 2.24) is 9.80 Å². The molecule has 0 aliphatic rings. The Hall–Kier alpha value is -1.46. The molecule has 0 fully saturated rings. The first-order valence-electron chi connectivity index (χ1n) is 6.33. The molecule has 1 aromatic carbocycles. The summed E-state index contributed by atoms with van der Waals surface area (Å²) in [6.45, 7) is 3.49. The van der Waals surface area contributed by atoms with Crippen molar-refractivity contribution < 1.29 is 9.18 Å². The van der Waals surface area contributed by atoms with Crippen molar-refractivity contribution in [3.8, 4) is 0 Å². The molecule has 5 heteroatoms. The van der Waals surface area contributed by atoms with Gasteiger partial charge in [-0.05, 0) is 38.7 Å². The second-order valence-corrected chi connectivity index (χ2v) is 4.98. The SMILES string of the molecule is C[C@@H](N)C(=O)N(CCN(C)C)Cc1ccc(F)cc1. The van der Waals surface area contributed by atoms with Crippen LogP contribution >= 0.6 is 0 Å². The molecule has 0 bridgehead atoms. The lowest BCUT2D eigenvalue weighted by atomic mass is 10.2. The molecule has 4 nitrogen and oxygen atoms in total. The van der Waals surface area contributed by atoms with Gasteiger partial charge in [-0.15, -0.1) is 0 Å². The summed E-state index contributed by atoms with van der Waals surface area (Å²) in [4.78, 5) is 15.7. The molecule has 1 rings (SSSR count). The number of nitrogens with two attached hydrogens (primary N) is 1. The molecule has 2 N–H and O–H groups in total. The third kappa shape index (κ3) is 5.36. The Morgan fingerprint density at radius 3 is 2.32 bits per heavy atom. The Bertz CT molecular complexity index is 404. The zero-order valence-electron chi connectivity index (χ0n) is 11.8. The second-order valence-electron chi connectivity index (χ2n) is 4.98. The van der Waals surface area contributed by atoms with Crippen LogP contribution in [-0.4, -0.2) is 48.9 Å². The van der Waals surface area contributed by atoms with Crippen molar-refractivity contribution in [3.63, 3.8) is 0 Å². The Morgan fingerprint density at radius 1 is 1.26 bits per heavy atom. The lowest BCUT2D eigenvalue weighted by Gasteiger charge is -2.26. The van der Waals surface area contributed by atoms with Crippen LogP contribution in [0.3, 0.4) is 0 Å². The van der Waals surface area contributed by atoms with Crippen molar-refractivity contribution >= 4 is 5.91 Å². The van der Waals surface area contributed by atoms with Gasteiger partial charge >= 0.3 is 0 Å². The first-order valence-corrected chi connectivity index (χ1v) is 6.33. The molecule has 106 valence electrons. The third-order valence-electron chi connectivity index (χ3n) is 2.81. The maximum atomic E-state index is 12.9. The zero-order chi connectivity index (χ0) is 14.4. The molecule has 0 aromatic heterocycles. The first kappa shape index (κ1) is 15.6. The minimum atomic E-state index is -0.525. The normalized spacial score (nSPS) is 12.5. The van der Waals surface area contributed by atoms with Gasteiger partial charge in [0, 0.05) is 19.6 Å². The summed E-state index contributed by atoms with van der Waals surface area (Å²) in [7, 11) is 3.90. The largest absolute Gasteiger partial charge is 0.336 e. The van der Waals surface area contributed by atoms with Crippen molar-refractivity contribution in [2.45, 2.75) is 19.5 Å². The van der Waals surface area contributed by atoms with Crippen LogP contribution in [0.4, 0.5) is 4.39 Å². The number of likely N-dealkylation sites (N-methyl/N-ethyl adjacent to an activating group) is 1. The van der Waals surface area contributed by atoms with Crippen LogP contribution in [0.15, 0.2) is 24.3 Å². The molecule has 0 unspecified atom stereocenters. The topological polar surface area (TPSA) is 49.6 Å². The van der Waals surface area contributed by atoms with Crippen LogP contribution < -0.4 is 5.73 Å². The van der Waals surface area contributed by atoms with Gasteiger partial charge in [-0.2, -0.15) is 0 Å². The van der Waals surface area contributed by atoms with E-state index in [1.807, 2.05) is 19.0 Å². The van der Waals surface area contributed by atoms with Crippen LogP contribution in [0.1, 0.15) is 12.5 Å². The minimum absolute atomic E-state index is 0.0915. The van der Waals surface area contributed by atoms with Crippen LogP contribution in [0.5, 0.6) is 0 Å². The Morgan fingerprint density at radius 2 is 1.84 bits per heavy atom. The molecule has 1 aromatic rings. The maximum absolute atomic E-state index is 12.9. The average Bonchev–Trinajstić information content (AvgIpc) is 2.35. The molecular weight excluding hydrogens is 245 g/mol. The molecule has 0 saturated carbocycles. The summed E-state index contributed by atoms with van der Waals surface area (Å²) >= 11 is 0. The second kappa shape index (κ2) is 7.21. The van der Waals surface area contributed by atoms with Crippen molar-refractivity contribution in [3.05, 3.63) is 35.6 Å². The summed E-state index contributed by atoms with van der Waals surface area (Å²) in [5, 5.41) is 0. The smallest absolute Gasteiger partial charge is 0.239 e. The van der Waals surface area contributed by atoms with E-state index in [1.54, 1.807) is 24.0 Å². The zero-order valence-corrected chi connectivity index (χ0v) is 11.8. The minimum Gasteiger partial charge on any atom is -0.336 e. The fourth-order valence-electron chi connectivity index (χ4n) is 1.69. The number of rotatable bonds is 6. The van der Waals surface area contributed by atoms with E-state index in [1.165, 1.54) is 12.1 Å². The number of nitrogens with zero attached hydrogens (tertiary/aromatic N) is 2. The molecule has 0 spiro atoms. The molecule has 19 heavy (non-hydrogen) atoms. The lowest BCUT2D eigenvalue weighted by Crippen LogP contribution is -2.44. The number of benzene rings is 1. The van der Waals surface area contributed by atoms with Crippen molar-refractivity contribution in [1.29, 1.82) is 0 Å². The van der Waals surface area contributed by atoms with E-state index in [-0.39, 0.29) is 11.7 Å². The maximum Gasteiger partial charge on any atom is 0.239 e. The first-order chi connectivity index (χ1) is 8.90.